The summed E-state index contributed by atoms with van der Waals surface area (Å²) >= 11 is 6.17. The summed E-state index contributed by atoms with van der Waals surface area (Å²) in [4.78, 5) is 36.7. The van der Waals surface area contributed by atoms with E-state index >= 15 is 0 Å². The van der Waals surface area contributed by atoms with Crippen LogP contribution in [0.15, 0.2) is 54.6 Å². The highest BCUT2D eigenvalue weighted by Crippen LogP contribution is 2.32. The first-order chi connectivity index (χ1) is 13.9. The van der Waals surface area contributed by atoms with Gasteiger partial charge in [0.25, 0.3) is 11.6 Å². The fourth-order valence-electron chi connectivity index (χ4n) is 3.46. The van der Waals surface area contributed by atoms with E-state index in [1.54, 1.807) is 22.8 Å². The maximum absolute atomic E-state index is 13.3. The number of carbonyl (C=O) groups is 2. The molecule has 2 aromatic carbocycles. The van der Waals surface area contributed by atoms with Crippen LogP contribution in [0.1, 0.15) is 32.1 Å². The fourth-order valence-corrected chi connectivity index (χ4v) is 3.72. The molecule has 9 heteroatoms. The Hall–Kier alpha value is -3.65. The van der Waals surface area contributed by atoms with E-state index in [4.69, 9.17) is 11.6 Å². The zero-order valence-electron chi connectivity index (χ0n) is 14.9. The lowest BCUT2D eigenvalue weighted by molar-refractivity contribution is -0.384. The van der Waals surface area contributed by atoms with E-state index in [1.165, 1.54) is 23.1 Å². The average Bonchev–Trinajstić information content (AvgIpc) is 3.01. The Morgan fingerprint density at radius 1 is 1.07 bits per heavy atom. The van der Waals surface area contributed by atoms with Crippen LogP contribution in [0.2, 0.25) is 5.02 Å². The highest BCUT2D eigenvalue weighted by Gasteiger charge is 2.28. The van der Waals surface area contributed by atoms with Crippen molar-refractivity contribution in [2.75, 3.05) is 4.90 Å². The maximum atomic E-state index is 13.3. The van der Waals surface area contributed by atoms with Gasteiger partial charge >= 0.3 is 5.97 Å². The van der Waals surface area contributed by atoms with Crippen LogP contribution in [0.5, 0.6) is 0 Å². The van der Waals surface area contributed by atoms with Gasteiger partial charge in [0.1, 0.15) is 5.69 Å². The van der Waals surface area contributed by atoms with Crippen molar-refractivity contribution in [3.63, 3.8) is 0 Å². The first-order valence-corrected chi connectivity index (χ1v) is 9.00. The summed E-state index contributed by atoms with van der Waals surface area (Å²) in [5.74, 6) is -1.48. The summed E-state index contributed by atoms with van der Waals surface area (Å²) in [7, 11) is 0. The Bertz CT molecular complexity index is 1170. The third kappa shape index (κ3) is 3.23. The van der Waals surface area contributed by atoms with Gasteiger partial charge < -0.3 is 14.6 Å². The number of non-ortho nitro benzene ring substituents is 1. The summed E-state index contributed by atoms with van der Waals surface area (Å²) in [6.45, 7) is 0.439. The second kappa shape index (κ2) is 7.06. The number of amides is 1. The predicted octanol–water partition coefficient (Wildman–Crippen LogP) is 3.96. The summed E-state index contributed by atoms with van der Waals surface area (Å²) in [6, 6.07) is 14.1. The van der Waals surface area contributed by atoms with Gasteiger partial charge in [0.15, 0.2) is 0 Å². The largest absolute Gasteiger partial charge is 0.477 e. The number of nitrogens with zero attached hydrogens (tertiary/aromatic N) is 3. The number of carboxylic acids is 1. The van der Waals surface area contributed by atoms with Crippen LogP contribution < -0.4 is 4.90 Å². The predicted molar refractivity (Wildman–Crippen MR) is 106 cm³/mol. The Morgan fingerprint density at radius 2 is 1.83 bits per heavy atom. The van der Waals surface area contributed by atoms with Gasteiger partial charge in [-0.1, -0.05) is 29.8 Å². The summed E-state index contributed by atoms with van der Waals surface area (Å²) < 4.78 is 1.66. The van der Waals surface area contributed by atoms with Crippen LogP contribution >= 0.6 is 11.6 Å². The van der Waals surface area contributed by atoms with Crippen molar-refractivity contribution >= 4 is 34.9 Å². The van der Waals surface area contributed by atoms with Crippen molar-refractivity contribution in [2.45, 2.75) is 13.1 Å². The Kier molecular flexibility index (Phi) is 4.56. The number of anilines is 1. The molecule has 8 nitrogen and oxygen atoms in total. The summed E-state index contributed by atoms with van der Waals surface area (Å²) in [6.07, 6.45) is 0. The molecule has 2 heterocycles. The maximum Gasteiger partial charge on any atom is 0.352 e. The molecular formula is C20H14ClN3O5. The quantitative estimate of drug-likeness (QED) is 0.518. The fraction of sp³-hybridized carbons (Fsp3) is 0.100. The molecule has 1 amide bonds. The van der Waals surface area contributed by atoms with Crippen LogP contribution in [-0.4, -0.2) is 26.5 Å². The van der Waals surface area contributed by atoms with Crippen molar-refractivity contribution in [3.05, 3.63) is 92.2 Å². The van der Waals surface area contributed by atoms with E-state index in [1.807, 2.05) is 12.1 Å². The molecule has 0 bridgehead atoms. The van der Waals surface area contributed by atoms with Crippen LogP contribution in [0, 0.1) is 10.1 Å². The normalized spacial score (nSPS) is 12.7. The molecule has 0 saturated heterocycles. The van der Waals surface area contributed by atoms with Crippen molar-refractivity contribution < 1.29 is 19.6 Å². The van der Waals surface area contributed by atoms with Gasteiger partial charge in [-0.25, -0.2) is 4.79 Å². The van der Waals surface area contributed by atoms with Crippen molar-refractivity contribution in [2.24, 2.45) is 0 Å². The van der Waals surface area contributed by atoms with Crippen LogP contribution in [0.3, 0.4) is 0 Å². The van der Waals surface area contributed by atoms with Gasteiger partial charge in [-0.2, -0.15) is 0 Å². The molecular weight excluding hydrogens is 398 g/mol. The zero-order chi connectivity index (χ0) is 20.7. The minimum absolute atomic E-state index is 0.0208. The smallest absolute Gasteiger partial charge is 0.352 e. The molecule has 1 aliphatic rings. The second-order valence-corrected chi connectivity index (χ2v) is 6.95. The molecule has 0 unspecified atom stereocenters. The molecule has 1 aromatic heterocycles. The van der Waals surface area contributed by atoms with Gasteiger partial charge in [0.2, 0.25) is 0 Å². The SMILES string of the molecule is O=C(O)c1ccc2n1Cc1ccccc1N(C(=O)c1ccc([N+](=O)[O-])cc1Cl)C2. The number of aromatic carboxylic acids is 1. The number of nitro groups is 1. The molecule has 4 rings (SSSR count). The van der Waals surface area contributed by atoms with Gasteiger partial charge in [0, 0.05) is 23.5 Å². The lowest BCUT2D eigenvalue weighted by Gasteiger charge is -2.23. The third-order valence-electron chi connectivity index (χ3n) is 4.86. The van der Waals surface area contributed by atoms with E-state index in [0.29, 0.717) is 17.9 Å². The standard InChI is InChI=1S/C20H14ClN3O5/c21-16-9-13(24(28)29)5-7-15(16)19(25)23-11-14-6-8-18(20(26)27)22(14)10-12-3-1-2-4-17(12)23/h1-9H,10-11H2,(H,26,27). The van der Waals surface area contributed by atoms with Crippen molar-refractivity contribution in [1.29, 1.82) is 0 Å². The Morgan fingerprint density at radius 3 is 2.52 bits per heavy atom. The van der Waals surface area contributed by atoms with Gasteiger partial charge in [0.05, 0.1) is 28.6 Å². The molecule has 0 spiro atoms. The molecule has 0 aliphatic carbocycles. The Labute approximate surface area is 169 Å². The van der Waals surface area contributed by atoms with Crippen LogP contribution in [0.4, 0.5) is 11.4 Å². The van der Waals surface area contributed by atoms with Crippen LogP contribution in [0.25, 0.3) is 0 Å². The molecule has 1 aliphatic heterocycles. The third-order valence-corrected chi connectivity index (χ3v) is 5.17. The molecule has 1 N–H and O–H groups in total. The zero-order valence-corrected chi connectivity index (χ0v) is 15.7. The van der Waals surface area contributed by atoms with Gasteiger partial charge in [-0.3, -0.25) is 14.9 Å². The molecule has 0 atom stereocenters. The number of carbonyl (C=O) groups excluding carboxylic acids is 1. The monoisotopic (exact) mass is 411 g/mol. The van der Waals surface area contributed by atoms with E-state index in [0.717, 1.165) is 11.6 Å². The van der Waals surface area contributed by atoms with Gasteiger partial charge in [-0.15, -0.1) is 0 Å². The highest BCUT2D eigenvalue weighted by molar-refractivity contribution is 6.34. The van der Waals surface area contributed by atoms with Gasteiger partial charge in [-0.05, 0) is 29.8 Å². The topological polar surface area (TPSA) is 106 Å². The highest BCUT2D eigenvalue weighted by atomic mass is 35.5. The molecule has 3 aromatic rings. The number of fused-ring (bicyclic) bond motifs is 2. The van der Waals surface area contributed by atoms with Crippen molar-refractivity contribution in [3.8, 4) is 0 Å². The number of rotatable bonds is 3. The average molecular weight is 412 g/mol. The number of hydrogen-bond donors (Lipinski definition) is 1. The minimum Gasteiger partial charge on any atom is -0.477 e. The second-order valence-electron chi connectivity index (χ2n) is 6.54. The minimum atomic E-state index is -1.05. The van der Waals surface area contributed by atoms with E-state index in [9.17, 15) is 24.8 Å². The van der Waals surface area contributed by atoms with E-state index in [2.05, 4.69) is 0 Å². The number of carboxylic acid groups (broad SMARTS) is 1. The summed E-state index contributed by atoms with van der Waals surface area (Å²) in [5.41, 5.74) is 2.12. The van der Waals surface area contributed by atoms with Crippen molar-refractivity contribution in [1.82, 2.24) is 4.57 Å². The number of para-hydroxylation sites is 1. The number of aromatic nitrogens is 1. The number of benzene rings is 2. The lowest BCUT2D eigenvalue weighted by atomic mass is 10.1. The Balaban J connectivity index is 1.81. The van der Waals surface area contributed by atoms with Crippen LogP contribution in [-0.2, 0) is 13.1 Å². The number of nitro benzene ring substituents is 1. The van der Waals surface area contributed by atoms with E-state index in [-0.39, 0.29) is 28.5 Å². The first kappa shape index (κ1) is 18.7. The molecule has 0 fully saturated rings. The number of halogens is 1. The lowest BCUT2D eigenvalue weighted by Crippen LogP contribution is -2.30. The first-order valence-electron chi connectivity index (χ1n) is 8.62. The van der Waals surface area contributed by atoms with E-state index < -0.39 is 16.8 Å². The summed E-state index contributed by atoms with van der Waals surface area (Å²) in [5, 5.41) is 20.4. The molecule has 29 heavy (non-hydrogen) atoms. The molecule has 0 saturated carbocycles. The molecule has 0 radical (unpaired) electrons. The molecule has 146 valence electrons. The number of hydrogen-bond acceptors (Lipinski definition) is 4.